The minimum atomic E-state index is -0.928. The molecule has 4 aromatic rings. The van der Waals surface area contributed by atoms with Crippen molar-refractivity contribution >= 4 is 18.1 Å². The van der Waals surface area contributed by atoms with Crippen molar-refractivity contribution < 1.29 is 14.3 Å². The Labute approximate surface area is 204 Å². The average molecular weight is 461 g/mol. The number of esters is 1. The molecule has 5 rings (SSSR count). The minimum absolute atomic E-state index is 0.276. The van der Waals surface area contributed by atoms with Gasteiger partial charge in [0, 0.05) is 6.21 Å². The lowest BCUT2D eigenvalue weighted by atomic mass is 9.88. The van der Waals surface area contributed by atoms with E-state index in [9.17, 15) is 9.59 Å². The van der Waals surface area contributed by atoms with E-state index in [4.69, 9.17) is 9.73 Å². The Morgan fingerprint density at radius 3 is 1.94 bits per heavy atom. The number of benzene rings is 4. The summed E-state index contributed by atoms with van der Waals surface area (Å²) in [7, 11) is 0. The van der Waals surface area contributed by atoms with Crippen LogP contribution in [-0.2, 0) is 9.53 Å². The van der Waals surface area contributed by atoms with Gasteiger partial charge in [0.25, 0.3) is 5.91 Å². The first kappa shape index (κ1) is 22.3. The van der Waals surface area contributed by atoms with E-state index < -0.39 is 24.3 Å². The molecule has 0 bridgehead atoms. The summed E-state index contributed by atoms with van der Waals surface area (Å²) in [5.41, 5.74) is 3.10. The van der Waals surface area contributed by atoms with E-state index >= 15 is 0 Å². The molecule has 5 heteroatoms. The number of nitrogens with zero attached hydrogens (tertiary/aromatic N) is 2. The first-order valence-electron chi connectivity index (χ1n) is 11.5. The molecule has 3 unspecified atom stereocenters. The topological polar surface area (TPSA) is 59.0 Å². The number of likely N-dealkylation sites (tertiary alicyclic amines) is 1. The molecular formula is C30H24N2O3. The van der Waals surface area contributed by atoms with Gasteiger partial charge in [0.1, 0.15) is 12.2 Å². The fraction of sp³-hybridized carbons (Fsp3) is 0.100. The van der Waals surface area contributed by atoms with Gasteiger partial charge in [-0.2, -0.15) is 0 Å². The summed E-state index contributed by atoms with van der Waals surface area (Å²) in [6.07, 6.45) is 0.278. The van der Waals surface area contributed by atoms with Crippen molar-refractivity contribution in [1.82, 2.24) is 4.90 Å². The third-order valence-electron chi connectivity index (χ3n) is 5.99. The molecule has 1 aliphatic rings. The second kappa shape index (κ2) is 10.2. The largest absolute Gasteiger partial charge is 0.446 e. The molecule has 4 aromatic carbocycles. The highest BCUT2D eigenvalue weighted by Gasteiger charge is 2.54. The third kappa shape index (κ3) is 4.75. The minimum Gasteiger partial charge on any atom is -0.446 e. The normalized spacial score (nSPS) is 18.2. The molecule has 0 radical (unpaired) electrons. The van der Waals surface area contributed by atoms with E-state index in [1.807, 2.05) is 97.1 Å². The van der Waals surface area contributed by atoms with Gasteiger partial charge in [0.05, 0.1) is 5.56 Å². The van der Waals surface area contributed by atoms with Crippen LogP contribution in [0.15, 0.2) is 126 Å². The van der Waals surface area contributed by atoms with E-state index in [-0.39, 0.29) is 5.91 Å². The van der Waals surface area contributed by atoms with Crippen molar-refractivity contribution in [3.63, 3.8) is 0 Å². The molecule has 0 N–H and O–H groups in total. The number of amides is 1. The van der Waals surface area contributed by atoms with Crippen molar-refractivity contribution in [1.29, 1.82) is 0 Å². The number of carbonyl (C=O) groups is 2. The van der Waals surface area contributed by atoms with Crippen LogP contribution < -0.4 is 0 Å². The summed E-state index contributed by atoms with van der Waals surface area (Å²) in [4.78, 5) is 32.8. The highest BCUT2D eigenvalue weighted by Crippen LogP contribution is 2.44. The quantitative estimate of drug-likeness (QED) is 0.205. The van der Waals surface area contributed by atoms with Gasteiger partial charge < -0.3 is 9.64 Å². The summed E-state index contributed by atoms with van der Waals surface area (Å²) >= 11 is 0. The van der Waals surface area contributed by atoms with Crippen molar-refractivity contribution in [2.45, 2.75) is 18.3 Å². The summed E-state index contributed by atoms with van der Waals surface area (Å²) in [5, 5.41) is 0. The first-order chi connectivity index (χ1) is 17.2. The molecule has 0 saturated carbocycles. The Morgan fingerprint density at radius 2 is 1.31 bits per heavy atom. The number of rotatable bonds is 7. The van der Waals surface area contributed by atoms with Crippen molar-refractivity contribution in [3.8, 4) is 0 Å². The standard InChI is InChI=1S/C30H24N2O3/c33-29-27(35-30(34)25-19-11-4-12-20-25)26(23-15-7-2-8-16-23)32(29)28(24-17-9-3-10-18-24)31-21-22-13-5-1-6-14-22/h1-21,26-28H/b31-21+. The number of ether oxygens (including phenoxy) is 1. The van der Waals surface area contributed by atoms with E-state index in [0.717, 1.165) is 16.7 Å². The van der Waals surface area contributed by atoms with Gasteiger partial charge in [0.2, 0.25) is 6.10 Å². The van der Waals surface area contributed by atoms with Gasteiger partial charge in [-0.1, -0.05) is 109 Å². The van der Waals surface area contributed by atoms with Crippen LogP contribution in [0.3, 0.4) is 0 Å². The number of carbonyl (C=O) groups excluding carboxylic acids is 2. The highest BCUT2D eigenvalue weighted by molar-refractivity contribution is 5.95. The Kier molecular flexibility index (Phi) is 6.48. The van der Waals surface area contributed by atoms with Gasteiger partial charge in [-0.05, 0) is 28.8 Å². The molecule has 1 amide bonds. The van der Waals surface area contributed by atoms with Gasteiger partial charge >= 0.3 is 5.97 Å². The van der Waals surface area contributed by atoms with E-state index in [2.05, 4.69) is 0 Å². The second-order valence-corrected chi connectivity index (χ2v) is 8.27. The van der Waals surface area contributed by atoms with Gasteiger partial charge in [-0.15, -0.1) is 0 Å². The average Bonchev–Trinajstić information content (AvgIpc) is 2.93. The summed E-state index contributed by atoms with van der Waals surface area (Å²) in [6.45, 7) is 0. The van der Waals surface area contributed by atoms with E-state index in [1.165, 1.54) is 0 Å². The lowest BCUT2D eigenvalue weighted by Gasteiger charge is -2.49. The van der Waals surface area contributed by atoms with Gasteiger partial charge in [-0.3, -0.25) is 9.79 Å². The maximum absolute atomic E-state index is 13.5. The predicted molar refractivity (Wildman–Crippen MR) is 135 cm³/mol. The predicted octanol–water partition coefficient (Wildman–Crippen LogP) is 5.61. The Morgan fingerprint density at radius 1 is 0.771 bits per heavy atom. The molecule has 3 atom stereocenters. The van der Waals surface area contributed by atoms with Crippen molar-refractivity contribution in [2.24, 2.45) is 4.99 Å². The highest BCUT2D eigenvalue weighted by atomic mass is 16.6. The molecule has 35 heavy (non-hydrogen) atoms. The van der Waals surface area contributed by atoms with E-state index in [1.54, 1.807) is 35.4 Å². The van der Waals surface area contributed by atoms with E-state index in [0.29, 0.717) is 5.56 Å². The monoisotopic (exact) mass is 460 g/mol. The molecule has 1 saturated heterocycles. The van der Waals surface area contributed by atoms with Crippen LogP contribution in [0.1, 0.15) is 39.3 Å². The van der Waals surface area contributed by atoms with Gasteiger partial charge in [0.15, 0.2) is 0 Å². The summed E-state index contributed by atoms with van der Waals surface area (Å²) < 4.78 is 5.75. The smallest absolute Gasteiger partial charge is 0.338 e. The molecule has 5 nitrogen and oxygen atoms in total. The lowest BCUT2D eigenvalue weighted by molar-refractivity contribution is -0.173. The maximum atomic E-state index is 13.5. The Hall–Kier alpha value is -4.51. The molecule has 1 heterocycles. The molecule has 0 spiro atoms. The number of β-lactam (4-membered cyclic amide) rings is 1. The molecular weight excluding hydrogens is 436 g/mol. The number of hydrogen-bond donors (Lipinski definition) is 0. The second-order valence-electron chi connectivity index (χ2n) is 8.27. The summed E-state index contributed by atoms with van der Waals surface area (Å²) in [5.74, 6) is -0.796. The Balaban J connectivity index is 1.50. The van der Waals surface area contributed by atoms with Crippen molar-refractivity contribution in [2.75, 3.05) is 0 Å². The number of aliphatic imine (C=N–C) groups is 1. The number of hydrogen-bond acceptors (Lipinski definition) is 4. The maximum Gasteiger partial charge on any atom is 0.338 e. The Bertz CT molecular complexity index is 1310. The zero-order valence-electron chi connectivity index (χ0n) is 19.0. The van der Waals surface area contributed by atoms with Crippen molar-refractivity contribution in [3.05, 3.63) is 144 Å². The zero-order chi connectivity index (χ0) is 24.0. The SMILES string of the molecule is O=C(OC1C(=O)N(C(/N=C/c2ccccc2)c2ccccc2)C1c1ccccc1)c1ccccc1. The molecule has 0 aliphatic carbocycles. The van der Waals surface area contributed by atoms with Crippen LogP contribution in [0.5, 0.6) is 0 Å². The third-order valence-corrected chi connectivity index (χ3v) is 5.99. The van der Waals surface area contributed by atoms with Crippen LogP contribution >= 0.6 is 0 Å². The van der Waals surface area contributed by atoms with Gasteiger partial charge in [-0.25, -0.2) is 4.79 Å². The fourth-order valence-corrected chi connectivity index (χ4v) is 4.25. The lowest BCUT2D eigenvalue weighted by Crippen LogP contribution is -2.61. The summed E-state index contributed by atoms with van der Waals surface area (Å²) in [6, 6.07) is 37.3. The van der Waals surface area contributed by atoms with Crippen LogP contribution in [0.25, 0.3) is 0 Å². The zero-order valence-corrected chi connectivity index (χ0v) is 19.0. The molecule has 1 fully saturated rings. The van der Waals surface area contributed by atoms with Crippen LogP contribution in [0.2, 0.25) is 0 Å². The fourth-order valence-electron chi connectivity index (χ4n) is 4.25. The molecule has 0 aromatic heterocycles. The van der Waals surface area contributed by atoms with Crippen LogP contribution in [0.4, 0.5) is 0 Å². The molecule has 1 aliphatic heterocycles. The first-order valence-corrected chi connectivity index (χ1v) is 11.5. The molecule has 172 valence electrons. The van der Waals surface area contributed by atoms with Crippen LogP contribution in [0, 0.1) is 0 Å². The van der Waals surface area contributed by atoms with Crippen LogP contribution in [-0.4, -0.2) is 29.1 Å².